The van der Waals surface area contributed by atoms with Crippen molar-refractivity contribution in [3.8, 4) is 11.3 Å². The van der Waals surface area contributed by atoms with Crippen molar-refractivity contribution in [2.24, 2.45) is 0 Å². The number of nitrogens with zero attached hydrogens (tertiary/aromatic N) is 2. The first-order valence-electron chi connectivity index (χ1n) is 13.4. The lowest BCUT2D eigenvalue weighted by atomic mass is 10.0. The molecule has 0 aliphatic heterocycles. The summed E-state index contributed by atoms with van der Waals surface area (Å²) in [5.74, 6) is 0.258. The molecule has 0 aliphatic rings. The molecule has 216 valence electrons. The minimum absolute atomic E-state index is 0.0112. The fourth-order valence-corrected chi connectivity index (χ4v) is 6.48. The van der Waals surface area contributed by atoms with Crippen LogP contribution in [-0.4, -0.2) is 36.3 Å². The average Bonchev–Trinajstić information content (AvgIpc) is 3.48. The summed E-state index contributed by atoms with van der Waals surface area (Å²) < 4.78 is 36.5. The molecule has 2 N–H and O–H groups in total. The predicted molar refractivity (Wildman–Crippen MR) is 164 cm³/mol. The van der Waals surface area contributed by atoms with E-state index in [4.69, 9.17) is 4.42 Å². The van der Waals surface area contributed by atoms with Gasteiger partial charge in [-0.05, 0) is 65.7 Å². The number of amides is 2. The smallest absolute Gasteiger partial charge is 0.269 e. The number of rotatable bonds is 9. The molecule has 2 aromatic heterocycles. The van der Waals surface area contributed by atoms with Gasteiger partial charge in [0, 0.05) is 30.5 Å². The molecule has 0 aliphatic carbocycles. The Morgan fingerprint density at radius 1 is 0.976 bits per heavy atom. The Kier molecular flexibility index (Phi) is 8.33. The first kappa shape index (κ1) is 29.3. The van der Waals surface area contributed by atoms with Gasteiger partial charge in [-0.25, -0.2) is 18.1 Å². The molecular weight excluding hydrogens is 620 g/mol. The third kappa shape index (κ3) is 5.62. The van der Waals surface area contributed by atoms with Crippen molar-refractivity contribution >= 4 is 48.7 Å². The van der Waals surface area contributed by atoms with Crippen LogP contribution < -0.4 is 10.0 Å². The number of imidazole rings is 1. The van der Waals surface area contributed by atoms with Crippen LogP contribution in [0.2, 0.25) is 0 Å². The highest BCUT2D eigenvalue weighted by Gasteiger charge is 2.25. The molecule has 2 amide bonds. The van der Waals surface area contributed by atoms with E-state index in [0.717, 1.165) is 16.8 Å². The molecule has 0 saturated heterocycles. The maximum absolute atomic E-state index is 13.2. The molecule has 2 heterocycles. The Morgan fingerprint density at radius 3 is 2.40 bits per heavy atom. The largest absolute Gasteiger partial charge is 0.455 e. The molecule has 0 atom stereocenters. The Bertz CT molecular complexity index is 1910. The van der Waals surface area contributed by atoms with Gasteiger partial charge in [0.05, 0.1) is 20.6 Å². The van der Waals surface area contributed by atoms with Crippen molar-refractivity contribution in [3.05, 3.63) is 106 Å². The number of benzene rings is 3. The van der Waals surface area contributed by atoms with Gasteiger partial charge in [0.15, 0.2) is 0 Å². The fourth-order valence-electron chi connectivity index (χ4n) is 4.89. The minimum atomic E-state index is -4.07. The maximum Gasteiger partial charge on any atom is 0.269 e. The first-order valence-corrected chi connectivity index (χ1v) is 15.7. The topological polar surface area (TPSA) is 123 Å². The molecule has 0 bridgehead atoms. The highest BCUT2D eigenvalue weighted by atomic mass is 79.9. The third-order valence-corrected chi connectivity index (χ3v) is 8.95. The number of hydrogen-bond acceptors (Lipinski definition) is 6. The van der Waals surface area contributed by atoms with E-state index in [9.17, 15) is 18.0 Å². The molecule has 0 radical (unpaired) electrons. The molecule has 0 unspecified atom stereocenters. The van der Waals surface area contributed by atoms with Crippen LogP contribution in [0.3, 0.4) is 0 Å². The second kappa shape index (κ2) is 11.9. The van der Waals surface area contributed by atoms with Crippen LogP contribution in [0, 0.1) is 6.92 Å². The summed E-state index contributed by atoms with van der Waals surface area (Å²) in [5, 5.41) is 3.64. The van der Waals surface area contributed by atoms with E-state index in [-0.39, 0.29) is 16.4 Å². The number of nitrogens with one attached hydrogen (secondary N) is 2. The van der Waals surface area contributed by atoms with Crippen LogP contribution in [-0.2, 0) is 23.0 Å². The summed E-state index contributed by atoms with van der Waals surface area (Å²) in [6.45, 7) is 6.65. The number of hydrogen-bond donors (Lipinski definition) is 2. The zero-order valence-corrected chi connectivity index (χ0v) is 25.7. The molecule has 0 fully saturated rings. The number of furan rings is 1. The van der Waals surface area contributed by atoms with Gasteiger partial charge in [0.2, 0.25) is 0 Å². The second-order valence-corrected chi connectivity index (χ2v) is 12.1. The van der Waals surface area contributed by atoms with E-state index in [1.165, 1.54) is 12.1 Å². The second-order valence-electron chi connectivity index (χ2n) is 9.63. The van der Waals surface area contributed by atoms with Gasteiger partial charge in [-0.15, -0.1) is 0 Å². The Labute approximate surface area is 252 Å². The zero-order valence-electron chi connectivity index (χ0n) is 23.3. The number of sulfonamides is 1. The van der Waals surface area contributed by atoms with E-state index in [2.05, 4.69) is 31.0 Å². The van der Waals surface area contributed by atoms with Crippen LogP contribution in [0.15, 0.2) is 86.6 Å². The van der Waals surface area contributed by atoms with Crippen molar-refractivity contribution in [3.63, 3.8) is 0 Å². The molecule has 5 aromatic rings. The predicted octanol–water partition coefficient (Wildman–Crippen LogP) is 5.85. The lowest BCUT2D eigenvalue weighted by Crippen LogP contribution is -2.30. The van der Waals surface area contributed by atoms with Gasteiger partial charge in [-0.3, -0.25) is 9.59 Å². The monoisotopic (exact) mass is 648 g/mol. The van der Waals surface area contributed by atoms with Crippen LogP contribution in [0.1, 0.15) is 51.8 Å². The highest BCUT2D eigenvalue weighted by molar-refractivity contribution is 9.10. The molecular formula is C31H29BrN4O5S. The SMILES string of the molecule is CCNC(=O)c1c(C)nc(CC)n1Cc1ccc2oc(-c3ccccc3C(=O)NS(=O)(=O)c3ccccc3)c(Br)c2c1. The van der Waals surface area contributed by atoms with Crippen molar-refractivity contribution in [1.82, 2.24) is 19.6 Å². The Hall–Kier alpha value is -4.22. The van der Waals surface area contributed by atoms with E-state index >= 15 is 0 Å². The normalized spacial score (nSPS) is 11.5. The lowest BCUT2D eigenvalue weighted by molar-refractivity contribution is 0.0944. The van der Waals surface area contributed by atoms with Crippen LogP contribution in [0.4, 0.5) is 0 Å². The van der Waals surface area contributed by atoms with Crippen LogP contribution >= 0.6 is 15.9 Å². The Balaban J connectivity index is 1.50. The van der Waals surface area contributed by atoms with Gasteiger partial charge in [-0.2, -0.15) is 0 Å². The number of aryl methyl sites for hydroxylation is 2. The number of aromatic nitrogens is 2. The molecule has 9 nitrogen and oxygen atoms in total. The number of carbonyl (C=O) groups excluding carboxylic acids is 2. The molecule has 42 heavy (non-hydrogen) atoms. The summed E-state index contributed by atoms with van der Waals surface area (Å²) in [6.07, 6.45) is 0.668. The minimum Gasteiger partial charge on any atom is -0.455 e. The van der Waals surface area contributed by atoms with Gasteiger partial charge in [0.25, 0.3) is 21.8 Å². The van der Waals surface area contributed by atoms with Crippen LogP contribution in [0.25, 0.3) is 22.3 Å². The van der Waals surface area contributed by atoms with Gasteiger partial charge in [-0.1, -0.05) is 49.4 Å². The van der Waals surface area contributed by atoms with E-state index < -0.39 is 15.9 Å². The molecule has 11 heteroatoms. The van der Waals surface area contributed by atoms with E-state index in [0.29, 0.717) is 52.3 Å². The number of fused-ring (bicyclic) bond motifs is 1. The standard InChI is InChI=1S/C31H29BrN4O5S/c1-4-26-34-19(3)28(31(38)33-5-2)36(26)18-20-15-16-25-24(17-20)27(32)29(41-25)22-13-9-10-14-23(22)30(37)35-42(39,40)21-11-7-6-8-12-21/h6-17H,4-5,18H2,1-3H3,(H,33,38)(H,35,37). The first-order chi connectivity index (χ1) is 20.1. The van der Waals surface area contributed by atoms with Crippen LogP contribution in [0.5, 0.6) is 0 Å². The summed E-state index contributed by atoms with van der Waals surface area (Å²) >= 11 is 3.65. The quantitative estimate of drug-likeness (QED) is 0.207. The van der Waals surface area contributed by atoms with Gasteiger partial charge < -0.3 is 14.3 Å². The highest BCUT2D eigenvalue weighted by Crippen LogP contribution is 2.39. The summed E-state index contributed by atoms with van der Waals surface area (Å²) in [5.41, 5.74) is 3.29. The average molecular weight is 650 g/mol. The van der Waals surface area contributed by atoms with Crippen molar-refractivity contribution < 1.29 is 22.4 Å². The maximum atomic E-state index is 13.2. The van der Waals surface area contributed by atoms with E-state index in [1.807, 2.05) is 43.5 Å². The van der Waals surface area contributed by atoms with E-state index in [1.54, 1.807) is 42.5 Å². The van der Waals surface area contributed by atoms with Crippen molar-refractivity contribution in [2.75, 3.05) is 6.54 Å². The number of halogens is 1. The summed E-state index contributed by atoms with van der Waals surface area (Å²) in [6, 6.07) is 20.1. The summed E-state index contributed by atoms with van der Waals surface area (Å²) in [4.78, 5) is 30.6. The number of carbonyl (C=O) groups is 2. The zero-order chi connectivity index (χ0) is 30.0. The lowest BCUT2D eigenvalue weighted by Gasteiger charge is -2.12. The molecule has 0 saturated carbocycles. The fraction of sp³-hybridized carbons (Fsp3) is 0.194. The van der Waals surface area contributed by atoms with Crippen molar-refractivity contribution in [2.45, 2.75) is 38.6 Å². The molecule has 3 aromatic carbocycles. The van der Waals surface area contributed by atoms with Crippen molar-refractivity contribution in [1.29, 1.82) is 0 Å². The van der Waals surface area contributed by atoms with Gasteiger partial charge >= 0.3 is 0 Å². The summed E-state index contributed by atoms with van der Waals surface area (Å²) in [7, 11) is -4.07. The molecule has 0 spiro atoms. The van der Waals surface area contributed by atoms with Gasteiger partial charge in [0.1, 0.15) is 22.9 Å². The molecule has 5 rings (SSSR count). The Morgan fingerprint density at radius 2 is 1.69 bits per heavy atom. The third-order valence-electron chi connectivity index (χ3n) is 6.82.